The zero-order valence-electron chi connectivity index (χ0n) is 20.4. The minimum atomic E-state index is -1.76. The lowest BCUT2D eigenvalue weighted by molar-refractivity contribution is -0.163. The first-order chi connectivity index (χ1) is 17.4. The maximum atomic E-state index is 14.6. The summed E-state index contributed by atoms with van der Waals surface area (Å²) in [6.07, 6.45) is -1.76. The molecule has 3 atom stereocenters. The van der Waals surface area contributed by atoms with Crippen LogP contribution in [0, 0.1) is 5.82 Å². The zero-order chi connectivity index (χ0) is 27.3. The Morgan fingerprint density at radius 3 is 2.51 bits per heavy atom. The quantitative estimate of drug-likeness (QED) is 0.398. The Balaban J connectivity index is 1.73. The van der Waals surface area contributed by atoms with Crippen molar-refractivity contribution < 1.29 is 38.5 Å². The second kappa shape index (κ2) is 11.6. The van der Waals surface area contributed by atoms with E-state index in [9.17, 15) is 28.7 Å². The second-order valence-corrected chi connectivity index (χ2v) is 10.3. The van der Waals surface area contributed by atoms with Crippen molar-refractivity contribution in [3.8, 4) is 0 Å². The summed E-state index contributed by atoms with van der Waals surface area (Å²) >= 11 is 1.22. The molecule has 2 aromatic rings. The van der Waals surface area contributed by atoms with Crippen LogP contribution in [0.1, 0.15) is 43.4 Å². The molecule has 0 spiro atoms. The number of hydrogen-bond donors (Lipinski definition) is 4. The highest BCUT2D eigenvalue weighted by Gasteiger charge is 2.44. The molecule has 0 radical (unpaired) electrons. The number of aliphatic hydroxyl groups is 1. The SMILES string of the molecule is CC(C)(C)OC(=O)[C@@H]1CS[C@H](c2ccccc2F)N1C(=O)CNC(=O)Nc1cccc([C@@H](O)C(=O)O)c1. The van der Waals surface area contributed by atoms with E-state index in [1.165, 1.54) is 59.1 Å². The van der Waals surface area contributed by atoms with E-state index in [1.807, 2.05) is 0 Å². The lowest BCUT2D eigenvalue weighted by Gasteiger charge is -2.30. The van der Waals surface area contributed by atoms with Crippen molar-refractivity contribution >= 4 is 41.3 Å². The molecule has 3 rings (SSSR count). The molecule has 37 heavy (non-hydrogen) atoms. The number of esters is 1. The van der Waals surface area contributed by atoms with Crippen molar-refractivity contribution in [3.63, 3.8) is 0 Å². The number of halogens is 1. The number of thioether (sulfide) groups is 1. The molecule has 0 saturated carbocycles. The molecule has 0 aliphatic carbocycles. The van der Waals surface area contributed by atoms with Crippen LogP contribution in [0.3, 0.4) is 0 Å². The standard InChI is InChI=1S/C25H28FN3O7S/c1-25(2,3)36-23(34)18-13-37-21(16-9-4-5-10-17(16)26)29(18)19(30)12-27-24(35)28-15-8-6-7-14(11-15)20(31)22(32)33/h4-11,18,20-21,31H,12-13H2,1-3H3,(H,32,33)(H2,27,28,35)/t18-,20+,21+/m0/s1. The highest BCUT2D eigenvalue weighted by molar-refractivity contribution is 7.99. The number of anilines is 1. The number of carboxylic acids is 1. The first-order valence-corrected chi connectivity index (χ1v) is 12.4. The smallest absolute Gasteiger partial charge is 0.337 e. The average Bonchev–Trinajstić information content (AvgIpc) is 3.26. The average molecular weight is 534 g/mol. The predicted octanol–water partition coefficient (Wildman–Crippen LogP) is 3.05. The lowest BCUT2D eigenvalue weighted by atomic mass is 10.1. The lowest BCUT2D eigenvalue weighted by Crippen LogP contribution is -2.49. The summed E-state index contributed by atoms with van der Waals surface area (Å²) in [4.78, 5) is 50.7. The largest absolute Gasteiger partial charge is 0.479 e. The van der Waals surface area contributed by atoms with Crippen LogP contribution in [0.5, 0.6) is 0 Å². The summed E-state index contributed by atoms with van der Waals surface area (Å²) in [5.41, 5.74) is -0.322. The summed E-state index contributed by atoms with van der Waals surface area (Å²) in [6.45, 7) is 4.59. The zero-order valence-corrected chi connectivity index (χ0v) is 21.3. The normalized spacial score (nSPS) is 18.1. The maximum absolute atomic E-state index is 14.6. The summed E-state index contributed by atoms with van der Waals surface area (Å²) in [5, 5.41) is 22.7. The minimum Gasteiger partial charge on any atom is -0.479 e. The fourth-order valence-corrected chi connectivity index (χ4v) is 5.09. The predicted molar refractivity (Wildman–Crippen MR) is 134 cm³/mol. The van der Waals surface area contributed by atoms with Gasteiger partial charge in [0.25, 0.3) is 0 Å². The van der Waals surface area contributed by atoms with Gasteiger partial charge in [-0.25, -0.2) is 18.8 Å². The number of nitrogens with zero attached hydrogens (tertiary/aromatic N) is 1. The number of carbonyl (C=O) groups is 4. The number of hydrogen-bond acceptors (Lipinski definition) is 7. The van der Waals surface area contributed by atoms with Gasteiger partial charge in [-0.1, -0.05) is 30.3 Å². The van der Waals surface area contributed by atoms with Gasteiger partial charge in [-0.15, -0.1) is 11.8 Å². The van der Waals surface area contributed by atoms with Crippen LogP contribution >= 0.6 is 11.8 Å². The molecule has 0 unspecified atom stereocenters. The summed E-state index contributed by atoms with van der Waals surface area (Å²) in [5.74, 6) is -3.05. The Hall–Kier alpha value is -3.64. The Kier molecular flexibility index (Phi) is 8.77. The molecular weight excluding hydrogens is 505 g/mol. The molecule has 10 nitrogen and oxygen atoms in total. The van der Waals surface area contributed by atoms with E-state index in [2.05, 4.69) is 10.6 Å². The third-order valence-corrected chi connectivity index (χ3v) is 6.54. The monoisotopic (exact) mass is 533 g/mol. The van der Waals surface area contributed by atoms with Gasteiger partial charge in [0.15, 0.2) is 6.10 Å². The van der Waals surface area contributed by atoms with Crippen LogP contribution in [-0.4, -0.2) is 62.9 Å². The maximum Gasteiger partial charge on any atom is 0.337 e. The highest BCUT2D eigenvalue weighted by atomic mass is 32.2. The molecule has 2 aromatic carbocycles. The number of rotatable bonds is 7. The van der Waals surface area contributed by atoms with Gasteiger partial charge >= 0.3 is 18.0 Å². The Morgan fingerprint density at radius 2 is 1.86 bits per heavy atom. The van der Waals surface area contributed by atoms with Crippen LogP contribution < -0.4 is 10.6 Å². The molecule has 3 amide bonds. The third kappa shape index (κ3) is 7.20. The molecule has 1 saturated heterocycles. The fraction of sp³-hybridized carbons (Fsp3) is 0.360. The molecule has 198 valence electrons. The van der Waals surface area contributed by atoms with Gasteiger partial charge < -0.3 is 30.5 Å². The van der Waals surface area contributed by atoms with E-state index in [0.29, 0.717) is 0 Å². The van der Waals surface area contributed by atoms with Gasteiger partial charge in [0.1, 0.15) is 22.8 Å². The van der Waals surface area contributed by atoms with Gasteiger partial charge in [0.2, 0.25) is 5.91 Å². The third-order valence-electron chi connectivity index (χ3n) is 5.23. The van der Waals surface area contributed by atoms with Crippen LogP contribution in [0.25, 0.3) is 0 Å². The molecule has 4 N–H and O–H groups in total. The van der Waals surface area contributed by atoms with Gasteiger partial charge in [-0.3, -0.25) is 4.79 Å². The van der Waals surface area contributed by atoms with E-state index in [-0.39, 0.29) is 22.6 Å². The Labute approximate surface area is 217 Å². The van der Waals surface area contributed by atoms with E-state index in [0.717, 1.165) is 0 Å². The number of amides is 3. The highest BCUT2D eigenvalue weighted by Crippen LogP contribution is 2.42. The van der Waals surface area contributed by atoms with Crippen molar-refractivity contribution in [2.45, 2.75) is 43.9 Å². The number of urea groups is 1. The molecule has 1 aliphatic rings. The van der Waals surface area contributed by atoms with Crippen molar-refractivity contribution in [2.75, 3.05) is 17.6 Å². The number of aliphatic hydroxyl groups excluding tert-OH is 1. The van der Waals surface area contributed by atoms with Gasteiger partial charge in [-0.2, -0.15) is 0 Å². The van der Waals surface area contributed by atoms with E-state index < -0.39 is 59.4 Å². The van der Waals surface area contributed by atoms with Crippen LogP contribution in [-0.2, 0) is 19.1 Å². The van der Waals surface area contributed by atoms with Crippen molar-refractivity contribution in [3.05, 3.63) is 65.5 Å². The first kappa shape index (κ1) is 27.9. The van der Waals surface area contributed by atoms with Gasteiger partial charge in [0, 0.05) is 17.0 Å². The van der Waals surface area contributed by atoms with Crippen molar-refractivity contribution in [2.24, 2.45) is 0 Å². The molecular formula is C25H28FN3O7S. The topological polar surface area (TPSA) is 145 Å². The molecule has 12 heteroatoms. The van der Waals surface area contributed by atoms with Crippen LogP contribution in [0.4, 0.5) is 14.9 Å². The van der Waals surface area contributed by atoms with E-state index >= 15 is 0 Å². The van der Waals surface area contributed by atoms with Gasteiger partial charge in [0.05, 0.1) is 6.54 Å². The first-order valence-electron chi connectivity index (χ1n) is 11.3. The minimum absolute atomic E-state index is 0.0587. The van der Waals surface area contributed by atoms with E-state index in [4.69, 9.17) is 9.84 Å². The Morgan fingerprint density at radius 1 is 1.16 bits per heavy atom. The molecule has 0 aromatic heterocycles. The number of carbonyl (C=O) groups excluding carboxylic acids is 3. The molecule has 1 heterocycles. The number of aliphatic carboxylic acids is 1. The molecule has 1 aliphatic heterocycles. The summed E-state index contributed by atoms with van der Waals surface area (Å²) < 4.78 is 20.0. The van der Waals surface area contributed by atoms with Crippen molar-refractivity contribution in [1.29, 1.82) is 0 Å². The van der Waals surface area contributed by atoms with Crippen LogP contribution in [0.15, 0.2) is 48.5 Å². The molecule has 0 bridgehead atoms. The number of ether oxygens (including phenoxy) is 1. The number of benzene rings is 2. The Bertz CT molecular complexity index is 1190. The van der Waals surface area contributed by atoms with E-state index in [1.54, 1.807) is 26.8 Å². The summed E-state index contributed by atoms with van der Waals surface area (Å²) in [6, 6.07) is 9.77. The fourth-order valence-electron chi connectivity index (χ4n) is 3.63. The van der Waals surface area contributed by atoms with Gasteiger partial charge in [-0.05, 0) is 44.5 Å². The second-order valence-electron chi connectivity index (χ2n) is 9.23. The van der Waals surface area contributed by atoms with Crippen LogP contribution in [0.2, 0.25) is 0 Å². The molecule has 1 fully saturated rings. The summed E-state index contributed by atoms with van der Waals surface area (Å²) in [7, 11) is 0. The number of carboxylic acid groups (broad SMARTS) is 1. The van der Waals surface area contributed by atoms with Crippen molar-refractivity contribution in [1.82, 2.24) is 10.2 Å². The number of nitrogens with one attached hydrogen (secondary N) is 2.